The third-order valence-electron chi connectivity index (χ3n) is 2.29. The molecule has 0 fully saturated rings. The van der Waals surface area contributed by atoms with Gasteiger partial charge in [0, 0.05) is 4.47 Å². The minimum atomic E-state index is 0.0232. The first kappa shape index (κ1) is 12.2. The van der Waals surface area contributed by atoms with Gasteiger partial charge >= 0.3 is 0 Å². The Kier molecular flexibility index (Phi) is 3.91. The largest absolute Gasteiger partial charge is 0.496 e. The molecule has 1 aromatic rings. The Hall–Kier alpha value is -0.830. The standard InChI is InChI=1S/C12H15BrO2/c1-7(2)10-5-9(13)6-11(8(3)14)12(10)15-4/h5-7H,1-4H3. The van der Waals surface area contributed by atoms with Gasteiger partial charge in [0.05, 0.1) is 12.7 Å². The number of Topliss-reactive ketones (excluding diaryl/α,β-unsaturated/α-hetero) is 1. The fourth-order valence-corrected chi connectivity index (χ4v) is 2.01. The number of carbonyl (C=O) groups excluding carboxylic acids is 1. The van der Waals surface area contributed by atoms with Gasteiger partial charge in [-0.3, -0.25) is 4.79 Å². The zero-order valence-corrected chi connectivity index (χ0v) is 11.0. The highest BCUT2D eigenvalue weighted by molar-refractivity contribution is 9.10. The normalized spacial score (nSPS) is 10.5. The molecule has 0 radical (unpaired) electrons. The van der Waals surface area contributed by atoms with Crippen LogP contribution in [0.25, 0.3) is 0 Å². The van der Waals surface area contributed by atoms with E-state index in [0.717, 1.165) is 10.0 Å². The second kappa shape index (κ2) is 4.79. The van der Waals surface area contributed by atoms with Crippen molar-refractivity contribution < 1.29 is 9.53 Å². The van der Waals surface area contributed by atoms with Gasteiger partial charge in [-0.2, -0.15) is 0 Å². The van der Waals surface area contributed by atoms with Crippen LogP contribution in [0.4, 0.5) is 0 Å². The number of carbonyl (C=O) groups is 1. The first-order valence-electron chi connectivity index (χ1n) is 4.85. The molecule has 0 heterocycles. The molecule has 0 aromatic heterocycles. The summed E-state index contributed by atoms with van der Waals surface area (Å²) in [5.41, 5.74) is 1.69. The number of ether oxygens (including phenoxy) is 1. The number of methoxy groups -OCH3 is 1. The Bertz CT molecular complexity index is 383. The maximum Gasteiger partial charge on any atom is 0.163 e. The molecule has 0 saturated heterocycles. The summed E-state index contributed by atoms with van der Waals surface area (Å²) in [5.74, 6) is 1.05. The zero-order valence-electron chi connectivity index (χ0n) is 9.43. The van der Waals surface area contributed by atoms with E-state index in [4.69, 9.17) is 4.74 Å². The third-order valence-corrected chi connectivity index (χ3v) is 2.75. The average molecular weight is 271 g/mol. The number of ketones is 1. The van der Waals surface area contributed by atoms with E-state index in [-0.39, 0.29) is 5.78 Å². The molecular formula is C12H15BrO2. The van der Waals surface area contributed by atoms with Gasteiger partial charge < -0.3 is 4.74 Å². The summed E-state index contributed by atoms with van der Waals surface area (Å²) in [6.07, 6.45) is 0. The molecule has 0 spiro atoms. The van der Waals surface area contributed by atoms with Crippen molar-refractivity contribution in [1.82, 2.24) is 0 Å². The van der Waals surface area contributed by atoms with Gasteiger partial charge in [0.15, 0.2) is 5.78 Å². The van der Waals surface area contributed by atoms with E-state index in [1.165, 1.54) is 0 Å². The molecule has 1 rings (SSSR count). The van der Waals surface area contributed by atoms with Gasteiger partial charge in [0.2, 0.25) is 0 Å². The SMILES string of the molecule is COc1c(C(C)=O)cc(Br)cc1C(C)C. The van der Waals surface area contributed by atoms with Crippen LogP contribution in [0.1, 0.15) is 42.6 Å². The lowest BCUT2D eigenvalue weighted by molar-refractivity contribution is 0.101. The Morgan fingerprint density at radius 2 is 2.00 bits per heavy atom. The predicted molar refractivity (Wildman–Crippen MR) is 64.8 cm³/mol. The molecule has 0 amide bonds. The molecule has 1 aromatic carbocycles. The van der Waals surface area contributed by atoms with E-state index in [1.807, 2.05) is 6.07 Å². The molecule has 0 aliphatic rings. The molecule has 0 unspecified atom stereocenters. The minimum Gasteiger partial charge on any atom is -0.496 e. The summed E-state index contributed by atoms with van der Waals surface area (Å²) in [6, 6.07) is 3.79. The van der Waals surface area contributed by atoms with Crippen LogP contribution in [0.3, 0.4) is 0 Å². The van der Waals surface area contributed by atoms with E-state index in [2.05, 4.69) is 29.8 Å². The van der Waals surface area contributed by atoms with Crippen LogP contribution < -0.4 is 4.74 Å². The van der Waals surface area contributed by atoms with Crippen molar-refractivity contribution in [2.24, 2.45) is 0 Å². The van der Waals surface area contributed by atoms with Crippen molar-refractivity contribution in [3.05, 3.63) is 27.7 Å². The van der Waals surface area contributed by atoms with Crippen molar-refractivity contribution in [1.29, 1.82) is 0 Å². The van der Waals surface area contributed by atoms with E-state index in [1.54, 1.807) is 20.1 Å². The number of hydrogen-bond acceptors (Lipinski definition) is 2. The molecular weight excluding hydrogens is 256 g/mol. The van der Waals surface area contributed by atoms with E-state index < -0.39 is 0 Å². The first-order valence-corrected chi connectivity index (χ1v) is 5.65. The zero-order chi connectivity index (χ0) is 11.6. The maximum atomic E-state index is 11.5. The molecule has 0 saturated carbocycles. The number of benzene rings is 1. The number of hydrogen-bond donors (Lipinski definition) is 0. The minimum absolute atomic E-state index is 0.0232. The molecule has 0 N–H and O–H groups in total. The van der Waals surface area contributed by atoms with Gasteiger partial charge in [0.1, 0.15) is 5.75 Å². The quantitative estimate of drug-likeness (QED) is 0.782. The highest BCUT2D eigenvalue weighted by atomic mass is 79.9. The highest BCUT2D eigenvalue weighted by Gasteiger charge is 2.16. The van der Waals surface area contributed by atoms with E-state index in [9.17, 15) is 4.79 Å². The lowest BCUT2D eigenvalue weighted by Crippen LogP contribution is -2.02. The van der Waals surface area contributed by atoms with Crippen LogP contribution >= 0.6 is 15.9 Å². The van der Waals surface area contributed by atoms with Gasteiger partial charge in [-0.25, -0.2) is 0 Å². The monoisotopic (exact) mass is 270 g/mol. The van der Waals surface area contributed by atoms with E-state index in [0.29, 0.717) is 17.2 Å². The molecule has 3 heteroatoms. The van der Waals surface area contributed by atoms with Crippen molar-refractivity contribution in [3.63, 3.8) is 0 Å². The smallest absolute Gasteiger partial charge is 0.163 e. The van der Waals surface area contributed by atoms with Crippen LogP contribution in [0.2, 0.25) is 0 Å². The number of halogens is 1. The van der Waals surface area contributed by atoms with Crippen LogP contribution in [0.15, 0.2) is 16.6 Å². The average Bonchev–Trinajstić information content (AvgIpc) is 2.16. The first-order chi connectivity index (χ1) is 6.97. The maximum absolute atomic E-state index is 11.5. The summed E-state index contributed by atoms with van der Waals surface area (Å²) >= 11 is 3.41. The lowest BCUT2D eigenvalue weighted by atomic mass is 9.98. The van der Waals surface area contributed by atoms with Gasteiger partial charge in [-0.05, 0) is 30.5 Å². The van der Waals surface area contributed by atoms with Crippen LogP contribution in [-0.4, -0.2) is 12.9 Å². The van der Waals surface area contributed by atoms with Crippen molar-refractivity contribution >= 4 is 21.7 Å². The molecule has 82 valence electrons. The summed E-state index contributed by atoms with van der Waals surface area (Å²) < 4.78 is 6.23. The molecule has 15 heavy (non-hydrogen) atoms. The molecule has 0 atom stereocenters. The lowest BCUT2D eigenvalue weighted by Gasteiger charge is -2.15. The second-order valence-electron chi connectivity index (χ2n) is 3.79. The molecule has 0 aliphatic heterocycles. The summed E-state index contributed by atoms with van der Waals surface area (Å²) in [7, 11) is 1.60. The topological polar surface area (TPSA) is 26.3 Å². The van der Waals surface area contributed by atoms with Crippen molar-refractivity contribution in [2.45, 2.75) is 26.7 Å². The Labute approximate surface area is 98.8 Å². The summed E-state index contributed by atoms with van der Waals surface area (Å²) in [6.45, 7) is 5.71. The molecule has 2 nitrogen and oxygen atoms in total. The van der Waals surface area contributed by atoms with Gasteiger partial charge in [-0.15, -0.1) is 0 Å². The van der Waals surface area contributed by atoms with Crippen LogP contribution in [0.5, 0.6) is 5.75 Å². The number of rotatable bonds is 3. The Balaban J connectivity index is 3.45. The van der Waals surface area contributed by atoms with Crippen molar-refractivity contribution in [2.75, 3.05) is 7.11 Å². The van der Waals surface area contributed by atoms with Crippen LogP contribution in [0, 0.1) is 0 Å². The second-order valence-corrected chi connectivity index (χ2v) is 4.70. The Morgan fingerprint density at radius 1 is 1.40 bits per heavy atom. The molecule has 0 bridgehead atoms. The Morgan fingerprint density at radius 3 is 2.40 bits per heavy atom. The molecule has 0 aliphatic carbocycles. The summed E-state index contributed by atoms with van der Waals surface area (Å²) in [4.78, 5) is 11.5. The van der Waals surface area contributed by atoms with E-state index >= 15 is 0 Å². The fourth-order valence-electron chi connectivity index (χ4n) is 1.53. The summed E-state index contributed by atoms with van der Waals surface area (Å²) in [5, 5.41) is 0. The van der Waals surface area contributed by atoms with Crippen LogP contribution in [-0.2, 0) is 0 Å². The van der Waals surface area contributed by atoms with Gasteiger partial charge in [-0.1, -0.05) is 29.8 Å². The fraction of sp³-hybridized carbons (Fsp3) is 0.417. The predicted octanol–water partition coefficient (Wildman–Crippen LogP) is 3.78. The van der Waals surface area contributed by atoms with Crippen molar-refractivity contribution in [3.8, 4) is 5.75 Å². The third kappa shape index (κ3) is 2.59. The highest BCUT2D eigenvalue weighted by Crippen LogP contribution is 2.33. The van der Waals surface area contributed by atoms with Gasteiger partial charge in [0.25, 0.3) is 0 Å².